The Morgan fingerprint density at radius 3 is 1.49 bits per heavy atom. The van der Waals surface area contributed by atoms with Crippen molar-refractivity contribution in [1.82, 2.24) is 34.8 Å². The number of Topliss-reactive ketones (excluding diaryl/α,β-unsaturated/α-hetero) is 2. The Kier molecular flexibility index (Phi) is 52.8. The molecule has 366 valence electrons. The van der Waals surface area contributed by atoms with Crippen LogP contribution in [0.4, 0.5) is 0 Å². The monoisotopic (exact) mass is 968 g/mol. The molecule has 3 aromatic heterocycles. The number of nitrogens with one attached hydrogen (secondary N) is 1. The van der Waals surface area contributed by atoms with Crippen molar-refractivity contribution in [2.45, 2.75) is 39.9 Å². The van der Waals surface area contributed by atoms with Gasteiger partial charge in [0.15, 0.2) is 17.3 Å². The number of hydrogen-bond acceptors (Lipinski definition) is 26. The first-order valence-electron chi connectivity index (χ1n) is 17.6. The van der Waals surface area contributed by atoms with E-state index in [1.165, 1.54) is 55.5 Å². The molecule has 30 nitrogen and oxygen atoms in total. The zero-order valence-electron chi connectivity index (χ0n) is 39.2. The molecule has 3 aromatic rings. The van der Waals surface area contributed by atoms with Crippen molar-refractivity contribution in [1.29, 1.82) is 0 Å². The number of methoxy groups -OCH3 is 3. The van der Waals surface area contributed by atoms with Crippen LogP contribution in [0.25, 0.3) is 0 Å². The zero-order valence-corrected chi connectivity index (χ0v) is 40.2. The van der Waals surface area contributed by atoms with E-state index < -0.39 is 52.2 Å². The number of carbonyl (C=O) groups is 6. The Morgan fingerprint density at radius 2 is 1.16 bits per heavy atom. The number of hydrogen-bond donors (Lipinski definition) is 6. The van der Waals surface area contributed by atoms with E-state index in [2.05, 4.69) is 53.6 Å². The summed E-state index contributed by atoms with van der Waals surface area (Å²) in [6, 6.07) is 2.81. The molecule has 0 saturated carbocycles. The van der Waals surface area contributed by atoms with Crippen molar-refractivity contribution >= 4 is 61.3 Å². The van der Waals surface area contributed by atoms with Crippen molar-refractivity contribution in [3.8, 4) is 17.2 Å². The number of esters is 3. The first-order valence-corrected chi connectivity index (χ1v) is 16.9. The Morgan fingerprint density at radius 1 is 0.791 bits per heavy atom. The number of carbonyl (C=O) groups excluding carboxylic acids is 9. The molecule has 3 heterocycles. The van der Waals surface area contributed by atoms with Gasteiger partial charge < -0.3 is 51.3 Å². The molecule has 3 rings (SSSR count). The fourth-order valence-electron chi connectivity index (χ4n) is 2.83. The van der Waals surface area contributed by atoms with Crippen molar-refractivity contribution in [3.05, 3.63) is 66.8 Å². The van der Waals surface area contributed by atoms with E-state index in [0.29, 0.717) is 6.42 Å². The summed E-state index contributed by atoms with van der Waals surface area (Å²) in [4.78, 5) is 128. The molecular weight excluding hydrogens is 916 g/mol. The fourth-order valence-corrected chi connectivity index (χ4v) is 2.83. The first kappa shape index (κ1) is 73.9. The van der Waals surface area contributed by atoms with Gasteiger partial charge in [0.1, 0.15) is 30.1 Å². The maximum Gasteiger partial charge on any atom is 1.00 e. The van der Waals surface area contributed by atoms with Crippen molar-refractivity contribution in [3.63, 3.8) is 0 Å². The minimum atomic E-state index is -1.37. The van der Waals surface area contributed by atoms with Crippen LogP contribution in [-0.4, -0.2) is 152 Å². The maximum atomic E-state index is 11.0. The van der Waals surface area contributed by atoms with E-state index in [0.717, 1.165) is 39.4 Å². The van der Waals surface area contributed by atoms with Gasteiger partial charge in [0, 0.05) is 54.2 Å². The number of aromatic nitrogens is 6. The molecule has 0 aliphatic heterocycles. The molecule has 32 heteroatoms. The second kappa shape index (κ2) is 47.9. The number of aromatic hydroxyl groups is 3. The molecule has 0 bridgehead atoms. The fraction of sp³-hybridized carbons (Fsp3) is 0.400. The molecule has 8 N–H and O–H groups in total. The van der Waals surface area contributed by atoms with E-state index in [1.54, 1.807) is 14.0 Å². The van der Waals surface area contributed by atoms with Gasteiger partial charge in [-0.15, -0.1) is 0 Å². The van der Waals surface area contributed by atoms with Gasteiger partial charge >= 0.3 is 65.7 Å². The number of hydrazone groups is 1. The van der Waals surface area contributed by atoms with E-state index in [1.807, 2.05) is 0 Å². The number of nitrogens with zero attached hydrogens (tertiary/aromatic N) is 7. The van der Waals surface area contributed by atoms with Crippen LogP contribution < -0.4 is 57.4 Å². The van der Waals surface area contributed by atoms with Crippen LogP contribution in [0, 0.1) is 0 Å². The van der Waals surface area contributed by atoms with Gasteiger partial charge in [-0.05, 0) is 14.0 Å². The molecule has 0 atom stereocenters. The van der Waals surface area contributed by atoms with Crippen molar-refractivity contribution < 1.29 is 119 Å². The van der Waals surface area contributed by atoms with Gasteiger partial charge in [0.25, 0.3) is 16.7 Å². The predicted molar refractivity (Wildman–Crippen MR) is 221 cm³/mol. The number of ether oxygens (including phenoxy) is 3. The normalized spacial score (nSPS) is 8.58. The number of carboxylic acid groups (broad SMARTS) is 1. The molecule has 0 fully saturated rings. The van der Waals surface area contributed by atoms with Gasteiger partial charge in [0.2, 0.25) is 11.4 Å². The van der Waals surface area contributed by atoms with E-state index in [-0.39, 0.29) is 101 Å². The Balaban J connectivity index is -0.000000104. The van der Waals surface area contributed by atoms with Crippen LogP contribution in [-0.2, 0) is 73.7 Å². The summed E-state index contributed by atoms with van der Waals surface area (Å²) < 4.78 is 21.8. The van der Waals surface area contributed by atoms with Crippen molar-refractivity contribution in [2.24, 2.45) is 32.0 Å². The third-order valence-corrected chi connectivity index (χ3v) is 5.86. The summed E-state index contributed by atoms with van der Waals surface area (Å²) in [5.41, 5.74) is 5.05. The van der Waals surface area contributed by atoms with Crippen LogP contribution in [0.3, 0.4) is 0 Å². The minimum absolute atomic E-state index is 0. The molecule has 0 aliphatic carbocycles. The van der Waals surface area contributed by atoms with Crippen LogP contribution in [0.1, 0.15) is 55.5 Å². The first-order chi connectivity index (χ1) is 30.8. The summed E-state index contributed by atoms with van der Waals surface area (Å²) in [5, 5.41) is 49.2. The zero-order chi connectivity index (χ0) is 53.1. The number of ketones is 2. The quantitative estimate of drug-likeness (QED) is 0.0290. The number of carboxylic acids is 1. The Labute approximate surface area is 405 Å². The van der Waals surface area contributed by atoms with Gasteiger partial charge in [0.05, 0.1) is 35.4 Å². The second-order valence-electron chi connectivity index (χ2n) is 10.1. The molecule has 67 heavy (non-hydrogen) atoms. The minimum Gasteiger partial charge on any atom is -0.870 e. The summed E-state index contributed by atoms with van der Waals surface area (Å²) >= 11 is 0. The average molecular weight is 969 g/mol. The SMILES string of the molecule is CCC(=O)CC(=O)OC.CN.CN/N=C(/C)C(=O)CC(=O)OC.COC(=O)c1nn(C)c(=O)cc1O.Cn1nc(C(=O)O)c(O)cc1=O.Cn1ncc(O)cc1=O.O=C=O.O=C=O.[2H]C[B].[Na+].[OH-]. The number of aromatic carboxylic acids is 1. The Bertz CT molecular complexity index is 2230. The summed E-state index contributed by atoms with van der Waals surface area (Å²) in [6.07, 6.45) is 1.76. The molecule has 0 aliphatic rings. The van der Waals surface area contributed by atoms with E-state index in [4.69, 9.17) is 41.0 Å². The third kappa shape index (κ3) is 39.8. The second-order valence-corrected chi connectivity index (χ2v) is 10.1. The van der Waals surface area contributed by atoms with Crippen LogP contribution in [0.5, 0.6) is 17.2 Å². The van der Waals surface area contributed by atoms with Gasteiger partial charge in [-0.1, -0.05) is 13.7 Å². The van der Waals surface area contributed by atoms with Crippen LogP contribution in [0.2, 0.25) is 6.80 Å². The molecule has 2 radical (unpaired) electrons. The largest absolute Gasteiger partial charge is 1.00 e. The summed E-state index contributed by atoms with van der Waals surface area (Å²) in [7, 11) is 15.4. The van der Waals surface area contributed by atoms with E-state index in [9.17, 15) is 43.2 Å². The van der Waals surface area contributed by atoms with Crippen LogP contribution >= 0.6 is 0 Å². The third-order valence-electron chi connectivity index (χ3n) is 5.86. The van der Waals surface area contributed by atoms with Crippen molar-refractivity contribution in [2.75, 3.05) is 35.4 Å². The van der Waals surface area contributed by atoms with Crippen LogP contribution in [0.15, 0.2) is 43.9 Å². The standard InChI is InChI=1S/C7H8N2O4.C7H12N2O3.C6H6N2O4.C6H10O3.C5H6N2O2.CH3B.CH5N.2CO2.Na.H2O/c1-9-5(11)3-4(10)6(8-9)7(12)13-2;1-5(9-8-2)6(10)4-7(11)12-3;1-8-4(10)2-3(9)5(7-8)6(11)12;1-3-5(7)4-6(8)9-2;1-7-5(9)2-4(8)3-6-7;2*1-2;2*2-1-3;;/h3,10H,1-2H3;8H,4H2,1-3H3;2,9H,1H3,(H,11,12);3-4H2,1-2H3;2-3,8H,1H3;1H3;2H2,1H3;;;;1H2/q;;;;;;;;;+1;/p-1/b;9-5-;;;;;;;;;/i;;;;;1D;;;;;. The number of nitrogens with two attached hydrogens (primary N) is 1. The summed E-state index contributed by atoms with van der Waals surface area (Å²) in [6.45, 7) is 3.24. The average Bonchev–Trinajstić information content (AvgIpc) is 3.26. The number of aryl methyl sites for hydroxylation is 3. The van der Waals surface area contributed by atoms with Gasteiger partial charge in [-0.2, -0.15) is 39.6 Å². The molecule has 0 aromatic carbocycles. The molecule has 0 amide bonds. The molecule has 0 unspecified atom stereocenters. The van der Waals surface area contributed by atoms with E-state index >= 15 is 0 Å². The number of rotatable bonds is 9. The maximum absolute atomic E-state index is 11.0. The van der Waals surface area contributed by atoms with Gasteiger partial charge in [-0.25, -0.2) is 23.6 Å². The topological polar surface area (TPSA) is 464 Å². The molecule has 0 spiro atoms. The Hall–Kier alpha value is -7.53. The molecular formula is C35H51BN9NaO21. The van der Waals surface area contributed by atoms with Gasteiger partial charge in [-0.3, -0.25) is 33.6 Å². The predicted octanol–water partition coefficient (Wildman–Crippen LogP) is -6.38. The summed E-state index contributed by atoms with van der Waals surface area (Å²) in [5.74, 6) is -4.78. The smallest absolute Gasteiger partial charge is 0.870 e. The molecule has 0 saturated heterocycles.